The highest BCUT2D eigenvalue weighted by molar-refractivity contribution is 7.92. The standard InChI is InChI=1S/C32H38FN3O4S/c1-41(39,40)36(29-20-18-27(33)19-21-29)22-10-17-31(37)35(24-26-13-6-3-7-14-26)30(23-25-11-4-2-5-12-25)32(38)34-28-15-8-9-16-28/h2-7,11-14,18-21,28,30H,8-10,15-17,22-24H2,1H3,(H,34,38)/t30-/m0/s1. The summed E-state index contributed by atoms with van der Waals surface area (Å²) in [6.45, 7) is 0.302. The zero-order valence-corrected chi connectivity index (χ0v) is 24.2. The third-order valence-corrected chi connectivity index (χ3v) is 8.63. The number of benzene rings is 3. The van der Waals surface area contributed by atoms with Crippen LogP contribution >= 0.6 is 0 Å². The minimum Gasteiger partial charge on any atom is -0.352 e. The first-order valence-electron chi connectivity index (χ1n) is 14.1. The molecular weight excluding hydrogens is 541 g/mol. The average molecular weight is 580 g/mol. The summed E-state index contributed by atoms with van der Waals surface area (Å²) in [6, 6.07) is 23.8. The first-order chi connectivity index (χ1) is 19.7. The molecule has 1 saturated carbocycles. The first kappa shape index (κ1) is 30.2. The smallest absolute Gasteiger partial charge is 0.243 e. The molecule has 0 spiro atoms. The number of anilines is 1. The summed E-state index contributed by atoms with van der Waals surface area (Å²) in [5, 5.41) is 3.19. The largest absolute Gasteiger partial charge is 0.352 e. The number of halogens is 1. The molecule has 3 aromatic carbocycles. The van der Waals surface area contributed by atoms with E-state index in [-0.39, 0.29) is 43.8 Å². The molecule has 7 nitrogen and oxygen atoms in total. The Morgan fingerprint density at radius 2 is 1.49 bits per heavy atom. The third kappa shape index (κ3) is 8.88. The van der Waals surface area contributed by atoms with Crippen molar-refractivity contribution >= 4 is 27.5 Å². The summed E-state index contributed by atoms with van der Waals surface area (Å²) < 4.78 is 39.7. The Labute approximate surface area is 242 Å². The van der Waals surface area contributed by atoms with Crippen LogP contribution in [0.15, 0.2) is 84.9 Å². The fourth-order valence-corrected chi connectivity index (χ4v) is 6.28. The third-order valence-electron chi connectivity index (χ3n) is 7.44. The maximum absolute atomic E-state index is 13.9. The van der Waals surface area contributed by atoms with Crippen molar-refractivity contribution in [2.45, 2.75) is 63.6 Å². The van der Waals surface area contributed by atoms with E-state index in [4.69, 9.17) is 0 Å². The second-order valence-corrected chi connectivity index (χ2v) is 12.5. The zero-order chi connectivity index (χ0) is 29.2. The normalized spacial score (nSPS) is 14.4. The van der Waals surface area contributed by atoms with Gasteiger partial charge in [-0.3, -0.25) is 13.9 Å². The number of sulfonamides is 1. The molecule has 2 amide bonds. The summed E-state index contributed by atoms with van der Waals surface area (Å²) in [6.07, 6.45) is 5.74. The van der Waals surface area contributed by atoms with Gasteiger partial charge in [-0.1, -0.05) is 73.5 Å². The van der Waals surface area contributed by atoms with Crippen LogP contribution in [0.4, 0.5) is 10.1 Å². The van der Waals surface area contributed by atoms with E-state index in [9.17, 15) is 22.4 Å². The fourth-order valence-electron chi connectivity index (χ4n) is 5.31. The first-order valence-corrected chi connectivity index (χ1v) is 16.0. The average Bonchev–Trinajstić information content (AvgIpc) is 3.47. The second-order valence-electron chi connectivity index (χ2n) is 10.6. The summed E-state index contributed by atoms with van der Waals surface area (Å²) in [7, 11) is -3.66. The van der Waals surface area contributed by atoms with Gasteiger partial charge in [0, 0.05) is 32.0 Å². The number of hydrogen-bond acceptors (Lipinski definition) is 4. The summed E-state index contributed by atoms with van der Waals surface area (Å²) >= 11 is 0. The van der Waals surface area contributed by atoms with Crippen molar-refractivity contribution in [1.29, 1.82) is 0 Å². The quantitative estimate of drug-likeness (QED) is 0.306. The Morgan fingerprint density at radius 3 is 2.07 bits per heavy atom. The fraction of sp³-hybridized carbons (Fsp3) is 0.375. The van der Waals surface area contributed by atoms with Gasteiger partial charge in [0.05, 0.1) is 11.9 Å². The van der Waals surface area contributed by atoms with E-state index < -0.39 is 21.9 Å². The van der Waals surface area contributed by atoms with Crippen LogP contribution in [-0.2, 0) is 32.6 Å². The van der Waals surface area contributed by atoms with Crippen LogP contribution in [0.3, 0.4) is 0 Å². The predicted molar refractivity (Wildman–Crippen MR) is 159 cm³/mol. The lowest BCUT2D eigenvalue weighted by atomic mass is 10.0. The number of rotatable bonds is 13. The molecule has 218 valence electrons. The zero-order valence-electron chi connectivity index (χ0n) is 23.4. The predicted octanol–water partition coefficient (Wildman–Crippen LogP) is 5.07. The molecule has 0 unspecified atom stereocenters. The van der Waals surface area contributed by atoms with Crippen LogP contribution in [0.2, 0.25) is 0 Å². The Hall–Kier alpha value is -3.72. The molecule has 0 saturated heterocycles. The minimum absolute atomic E-state index is 0.0437. The topological polar surface area (TPSA) is 86.8 Å². The molecule has 0 heterocycles. The number of nitrogens with zero attached hydrogens (tertiary/aromatic N) is 2. The van der Waals surface area contributed by atoms with E-state index in [1.165, 1.54) is 28.6 Å². The lowest BCUT2D eigenvalue weighted by Gasteiger charge is -2.32. The molecule has 0 aliphatic heterocycles. The maximum atomic E-state index is 13.9. The maximum Gasteiger partial charge on any atom is 0.243 e. The molecule has 1 aliphatic rings. The number of amides is 2. The summed E-state index contributed by atoms with van der Waals surface area (Å²) in [5.41, 5.74) is 2.18. The SMILES string of the molecule is CS(=O)(=O)N(CCCC(=O)N(Cc1ccccc1)[C@@H](Cc1ccccc1)C(=O)NC1CCCC1)c1ccc(F)cc1. The molecular formula is C32H38FN3O4S. The van der Waals surface area contributed by atoms with Crippen LogP contribution in [0.1, 0.15) is 49.7 Å². The monoisotopic (exact) mass is 579 g/mol. The molecule has 4 rings (SSSR count). The molecule has 1 atom stereocenters. The summed E-state index contributed by atoms with van der Waals surface area (Å²) in [4.78, 5) is 29.2. The molecule has 1 aliphatic carbocycles. The molecule has 9 heteroatoms. The molecule has 1 N–H and O–H groups in total. The highest BCUT2D eigenvalue weighted by atomic mass is 32.2. The Kier molecular flexibility index (Phi) is 10.5. The van der Waals surface area contributed by atoms with Gasteiger partial charge in [-0.25, -0.2) is 12.8 Å². The molecule has 0 radical (unpaired) electrons. The lowest BCUT2D eigenvalue weighted by molar-refractivity contribution is -0.141. The van der Waals surface area contributed by atoms with E-state index >= 15 is 0 Å². The number of hydrogen-bond donors (Lipinski definition) is 1. The molecule has 3 aromatic rings. The molecule has 0 bridgehead atoms. The Morgan fingerprint density at radius 1 is 0.902 bits per heavy atom. The number of nitrogens with one attached hydrogen (secondary N) is 1. The van der Waals surface area contributed by atoms with Gasteiger partial charge in [0.1, 0.15) is 11.9 Å². The molecule has 1 fully saturated rings. The van der Waals surface area contributed by atoms with Crippen molar-refractivity contribution in [3.05, 3.63) is 102 Å². The van der Waals surface area contributed by atoms with Crippen molar-refractivity contribution in [3.8, 4) is 0 Å². The van der Waals surface area contributed by atoms with E-state index in [1.54, 1.807) is 4.90 Å². The van der Waals surface area contributed by atoms with Crippen LogP contribution in [0.25, 0.3) is 0 Å². The Bertz CT molecular complexity index is 1380. The van der Waals surface area contributed by atoms with Gasteiger partial charge in [-0.05, 0) is 54.7 Å². The van der Waals surface area contributed by atoms with Crippen molar-refractivity contribution < 1.29 is 22.4 Å². The minimum atomic E-state index is -3.66. The van der Waals surface area contributed by atoms with Crippen molar-refractivity contribution in [1.82, 2.24) is 10.2 Å². The van der Waals surface area contributed by atoms with Gasteiger partial charge in [0.25, 0.3) is 0 Å². The molecule has 41 heavy (non-hydrogen) atoms. The van der Waals surface area contributed by atoms with Gasteiger partial charge >= 0.3 is 0 Å². The van der Waals surface area contributed by atoms with Gasteiger partial charge in [0.15, 0.2) is 0 Å². The van der Waals surface area contributed by atoms with Gasteiger partial charge in [0.2, 0.25) is 21.8 Å². The van der Waals surface area contributed by atoms with E-state index in [2.05, 4.69) is 5.32 Å². The summed E-state index contributed by atoms with van der Waals surface area (Å²) in [5.74, 6) is -0.868. The van der Waals surface area contributed by atoms with E-state index in [0.717, 1.165) is 43.1 Å². The van der Waals surface area contributed by atoms with E-state index in [0.29, 0.717) is 12.1 Å². The van der Waals surface area contributed by atoms with Crippen LogP contribution < -0.4 is 9.62 Å². The highest BCUT2D eigenvalue weighted by Crippen LogP contribution is 2.22. The van der Waals surface area contributed by atoms with E-state index in [1.807, 2.05) is 60.7 Å². The van der Waals surface area contributed by atoms with Gasteiger partial charge in [-0.15, -0.1) is 0 Å². The Balaban J connectivity index is 1.56. The van der Waals surface area contributed by atoms with Crippen LogP contribution in [0, 0.1) is 5.82 Å². The van der Waals surface area contributed by atoms with Crippen molar-refractivity contribution in [2.24, 2.45) is 0 Å². The van der Waals surface area contributed by atoms with Crippen molar-refractivity contribution in [2.75, 3.05) is 17.1 Å². The van der Waals surface area contributed by atoms with Gasteiger partial charge in [-0.2, -0.15) is 0 Å². The van der Waals surface area contributed by atoms with Crippen LogP contribution in [0.5, 0.6) is 0 Å². The highest BCUT2D eigenvalue weighted by Gasteiger charge is 2.32. The second kappa shape index (κ2) is 14.3. The van der Waals surface area contributed by atoms with Crippen LogP contribution in [-0.4, -0.2) is 50.0 Å². The number of carbonyl (C=O) groups excluding carboxylic acids is 2. The van der Waals surface area contributed by atoms with Gasteiger partial charge < -0.3 is 10.2 Å². The molecule has 0 aromatic heterocycles. The number of carbonyl (C=O) groups is 2. The lowest BCUT2D eigenvalue weighted by Crippen LogP contribution is -2.52. The van der Waals surface area contributed by atoms with Crippen molar-refractivity contribution in [3.63, 3.8) is 0 Å².